The molecule has 6 heterocycles. The lowest BCUT2D eigenvalue weighted by Gasteiger charge is -2.18. The molecule has 1 atom stereocenters. The third-order valence-electron chi connectivity index (χ3n) is 6.85. The van der Waals surface area contributed by atoms with Gasteiger partial charge in [0.25, 0.3) is 5.56 Å². The molecule has 1 aliphatic heterocycles. The fourth-order valence-electron chi connectivity index (χ4n) is 5.12. The Bertz CT molecular complexity index is 2000. The zero-order valence-corrected chi connectivity index (χ0v) is 21.6. The second kappa shape index (κ2) is 8.73. The number of hydrogen-bond acceptors (Lipinski definition) is 8. The molecule has 39 heavy (non-hydrogen) atoms. The number of anilines is 1. The fraction of sp³-hybridized carbons (Fsp3) is 0.185. The minimum atomic E-state index is -0.608. The number of nitrogens with zero attached hydrogens (tertiary/aromatic N) is 7. The third-order valence-corrected chi connectivity index (χ3v) is 7.87. The molecule has 7 rings (SSSR count). The number of fused-ring (bicyclic) bond motifs is 3. The Hall–Kier alpha value is -4.58. The zero-order valence-electron chi connectivity index (χ0n) is 20.8. The molecule has 0 unspecified atom stereocenters. The van der Waals surface area contributed by atoms with Gasteiger partial charge in [0.2, 0.25) is 0 Å². The molecule has 1 aromatic carbocycles. The van der Waals surface area contributed by atoms with Gasteiger partial charge in [-0.25, -0.2) is 33.4 Å². The third kappa shape index (κ3) is 3.70. The van der Waals surface area contributed by atoms with Gasteiger partial charge in [-0.15, -0.1) is 11.3 Å². The van der Waals surface area contributed by atoms with E-state index < -0.39 is 23.2 Å². The Balaban J connectivity index is 1.52. The largest absolute Gasteiger partial charge is 0.369 e. The van der Waals surface area contributed by atoms with Crippen molar-refractivity contribution in [2.75, 3.05) is 11.9 Å². The van der Waals surface area contributed by atoms with Gasteiger partial charge in [-0.05, 0) is 43.7 Å². The van der Waals surface area contributed by atoms with Gasteiger partial charge in [0.1, 0.15) is 35.1 Å². The van der Waals surface area contributed by atoms with Crippen molar-refractivity contribution in [1.29, 1.82) is 0 Å². The highest BCUT2D eigenvalue weighted by Crippen LogP contribution is 2.40. The molecular weight excluding hydrogens is 522 g/mol. The highest BCUT2D eigenvalue weighted by Gasteiger charge is 2.29. The molecule has 0 saturated carbocycles. The number of thiazole rings is 1. The normalized spacial score (nSPS) is 13.6. The lowest BCUT2D eigenvalue weighted by molar-refractivity contribution is 0.566. The molecule has 9 nitrogen and oxygen atoms in total. The van der Waals surface area contributed by atoms with Gasteiger partial charge in [0.15, 0.2) is 5.65 Å². The van der Waals surface area contributed by atoms with Gasteiger partial charge in [0, 0.05) is 19.2 Å². The first kappa shape index (κ1) is 23.5. The van der Waals surface area contributed by atoms with E-state index in [-0.39, 0.29) is 11.2 Å². The number of aryl methyl sites for hydroxylation is 1. The van der Waals surface area contributed by atoms with Crippen LogP contribution in [-0.2, 0) is 6.42 Å². The molecule has 0 radical (unpaired) electrons. The van der Waals surface area contributed by atoms with Gasteiger partial charge in [-0.1, -0.05) is 12.1 Å². The highest BCUT2D eigenvalue weighted by molar-refractivity contribution is 7.15. The molecular formula is C27H20F2N8OS. The maximum atomic E-state index is 14.3. The summed E-state index contributed by atoms with van der Waals surface area (Å²) in [7, 11) is 0. The van der Waals surface area contributed by atoms with Crippen molar-refractivity contribution >= 4 is 33.8 Å². The second-order valence-corrected chi connectivity index (χ2v) is 10.5. The first-order valence-electron chi connectivity index (χ1n) is 12.3. The summed E-state index contributed by atoms with van der Waals surface area (Å²) < 4.78 is 31.3. The van der Waals surface area contributed by atoms with Gasteiger partial charge in [-0.2, -0.15) is 5.10 Å². The lowest BCUT2D eigenvalue weighted by atomic mass is 10.0. The van der Waals surface area contributed by atoms with Crippen LogP contribution in [0.1, 0.15) is 29.4 Å². The van der Waals surface area contributed by atoms with Crippen LogP contribution >= 0.6 is 11.3 Å². The van der Waals surface area contributed by atoms with Crippen LogP contribution in [0, 0.1) is 18.6 Å². The van der Waals surface area contributed by atoms with E-state index in [1.54, 1.807) is 22.1 Å². The Morgan fingerprint density at radius 2 is 1.97 bits per heavy atom. The van der Waals surface area contributed by atoms with Crippen molar-refractivity contribution in [3.63, 3.8) is 0 Å². The van der Waals surface area contributed by atoms with E-state index >= 15 is 0 Å². The van der Waals surface area contributed by atoms with E-state index in [1.165, 1.54) is 36.7 Å². The molecule has 6 aromatic rings. The van der Waals surface area contributed by atoms with Crippen LogP contribution in [0.5, 0.6) is 0 Å². The number of rotatable bonds is 3. The lowest BCUT2D eigenvalue weighted by Crippen LogP contribution is -2.23. The van der Waals surface area contributed by atoms with E-state index in [4.69, 9.17) is 15.1 Å². The summed E-state index contributed by atoms with van der Waals surface area (Å²) in [6.45, 7) is 4.48. The van der Waals surface area contributed by atoms with E-state index in [2.05, 4.69) is 15.3 Å². The second-order valence-electron chi connectivity index (χ2n) is 9.34. The minimum absolute atomic E-state index is 0.154. The molecule has 0 bridgehead atoms. The van der Waals surface area contributed by atoms with Crippen LogP contribution in [0.15, 0.2) is 53.7 Å². The van der Waals surface area contributed by atoms with Crippen molar-refractivity contribution < 1.29 is 8.78 Å². The Kier molecular flexibility index (Phi) is 5.27. The molecule has 0 spiro atoms. The van der Waals surface area contributed by atoms with Crippen molar-refractivity contribution in [2.24, 2.45) is 0 Å². The summed E-state index contributed by atoms with van der Waals surface area (Å²) in [6.07, 6.45) is 3.27. The van der Waals surface area contributed by atoms with Crippen molar-refractivity contribution in [3.05, 3.63) is 87.3 Å². The Labute approximate surface area is 223 Å². The standard InChI is InChI=1S/C27H20F2N8OS/c1-13(22-20(15-4-3-5-16(28)10-15)27(38)36-11-17(29)6-7-19(36)34-22)37-26-21-23(35-37)24-18(33-14(2)39-24)8-9-30-25(21)31-12-32-26/h3-7,10-13H,8-9H2,1-2H3,(H,30,31,32)/t13-/m0/s1. The van der Waals surface area contributed by atoms with Gasteiger partial charge in [0.05, 0.1) is 38.3 Å². The Morgan fingerprint density at radius 3 is 2.82 bits per heavy atom. The quantitative estimate of drug-likeness (QED) is 0.343. The molecule has 0 aliphatic carbocycles. The predicted octanol–water partition coefficient (Wildman–Crippen LogP) is 4.79. The molecule has 194 valence electrons. The van der Waals surface area contributed by atoms with Crippen molar-refractivity contribution in [3.8, 4) is 21.7 Å². The van der Waals surface area contributed by atoms with Gasteiger partial charge < -0.3 is 5.32 Å². The number of halogens is 2. The summed E-state index contributed by atoms with van der Waals surface area (Å²) in [4.78, 5) is 33.2. The maximum absolute atomic E-state index is 14.3. The van der Waals surface area contributed by atoms with E-state index in [9.17, 15) is 13.6 Å². The van der Waals surface area contributed by atoms with Crippen molar-refractivity contribution in [2.45, 2.75) is 26.3 Å². The molecule has 1 N–H and O–H groups in total. The molecule has 5 aromatic heterocycles. The smallest absolute Gasteiger partial charge is 0.266 e. The summed E-state index contributed by atoms with van der Waals surface area (Å²) in [5.41, 5.74) is 2.79. The fourth-order valence-corrected chi connectivity index (χ4v) is 6.08. The number of nitrogens with one attached hydrogen (secondary N) is 1. The van der Waals surface area contributed by atoms with Crippen LogP contribution in [0.25, 0.3) is 38.4 Å². The monoisotopic (exact) mass is 542 g/mol. The first-order chi connectivity index (χ1) is 18.9. The molecule has 1 aliphatic rings. The number of aromatic nitrogens is 7. The topological polar surface area (TPSA) is 103 Å². The molecule has 0 amide bonds. The molecule has 0 saturated heterocycles. The van der Waals surface area contributed by atoms with Gasteiger partial charge in [-0.3, -0.25) is 9.20 Å². The average Bonchev–Trinajstić information content (AvgIpc) is 3.48. The van der Waals surface area contributed by atoms with E-state index in [1.807, 2.05) is 13.8 Å². The number of pyridine rings is 1. The number of hydrogen-bond donors (Lipinski definition) is 1. The Morgan fingerprint density at radius 1 is 1.10 bits per heavy atom. The number of benzene rings is 1. The van der Waals surface area contributed by atoms with Crippen LogP contribution < -0.4 is 10.9 Å². The summed E-state index contributed by atoms with van der Waals surface area (Å²) >= 11 is 1.56. The van der Waals surface area contributed by atoms with E-state index in [0.717, 1.165) is 38.0 Å². The zero-order chi connectivity index (χ0) is 26.8. The summed E-state index contributed by atoms with van der Waals surface area (Å²) in [6, 6.07) is 7.80. The van der Waals surface area contributed by atoms with Gasteiger partial charge >= 0.3 is 0 Å². The molecule has 12 heteroatoms. The predicted molar refractivity (Wildman–Crippen MR) is 144 cm³/mol. The minimum Gasteiger partial charge on any atom is -0.369 e. The average molecular weight is 543 g/mol. The summed E-state index contributed by atoms with van der Waals surface area (Å²) in [5, 5.41) is 10.0. The van der Waals surface area contributed by atoms with Crippen LogP contribution in [0.3, 0.4) is 0 Å². The van der Waals surface area contributed by atoms with Crippen LogP contribution in [-0.4, -0.2) is 40.7 Å². The highest BCUT2D eigenvalue weighted by atomic mass is 32.1. The summed E-state index contributed by atoms with van der Waals surface area (Å²) in [5.74, 6) is -0.424. The van der Waals surface area contributed by atoms with Crippen molar-refractivity contribution in [1.82, 2.24) is 34.1 Å². The SMILES string of the molecule is Cc1nc2c(s1)-c1nn([C@@H](C)c3nc4ccc(F)cn4c(=O)c3-c3cccc(F)c3)c3ncnc(c13)NCC2. The molecule has 0 fully saturated rings. The van der Waals surface area contributed by atoms with Crippen LogP contribution in [0.4, 0.5) is 14.6 Å². The van der Waals surface area contributed by atoms with Crippen LogP contribution in [0.2, 0.25) is 0 Å². The maximum Gasteiger partial charge on any atom is 0.266 e. The first-order valence-corrected chi connectivity index (χ1v) is 13.1. The van der Waals surface area contributed by atoms with E-state index in [0.29, 0.717) is 35.0 Å².